The number of rotatable bonds is 6. The van der Waals surface area contributed by atoms with Gasteiger partial charge in [0, 0.05) is 94.6 Å². The van der Waals surface area contributed by atoms with Gasteiger partial charge in [0.15, 0.2) is 0 Å². The van der Waals surface area contributed by atoms with E-state index in [2.05, 4.69) is 406 Å². The second kappa shape index (κ2) is 28.9. The topological polar surface area (TPSA) is 64.0 Å². The van der Waals surface area contributed by atoms with E-state index in [1.54, 1.807) is 6.20 Å². The van der Waals surface area contributed by atoms with Gasteiger partial charge in [0.05, 0.1) is 49.3 Å². The van der Waals surface area contributed by atoms with Crippen LogP contribution in [0, 0.1) is 0 Å². The smallest absolute Gasteiger partial charge is 0.399 e. The molecule has 0 unspecified atom stereocenters. The van der Waals surface area contributed by atoms with Crippen LogP contribution in [0.2, 0.25) is 5.02 Å². The molecule has 18 aromatic carbocycles. The monoisotopic (exact) mass is 1680 g/mol. The Morgan fingerprint density at radius 3 is 1.00 bits per heavy atom. The Morgan fingerprint density at radius 1 is 0.256 bits per heavy atom. The highest BCUT2D eigenvalue weighted by molar-refractivity contribution is 6.62. The maximum atomic E-state index is 6.52. The molecule has 6 aromatic heterocycles. The summed E-state index contributed by atoms with van der Waals surface area (Å²) in [6.45, 7) is 18.1. The lowest BCUT2D eigenvalue weighted by atomic mass is 9.78. The van der Waals surface area contributed by atoms with Gasteiger partial charge in [-0.05, 0) is 263 Å². The molecule has 0 N–H and O–H groups in total. The summed E-state index contributed by atoms with van der Waals surface area (Å²) in [5, 5.41) is 25.9. The van der Waals surface area contributed by atoms with Crippen LogP contribution in [0.5, 0.6) is 0 Å². The Bertz CT molecular complexity index is 8830. The Balaban J connectivity index is 0.000000119. The van der Waals surface area contributed by atoms with Gasteiger partial charge in [0.2, 0.25) is 0 Å². The number of para-hydroxylation sites is 6. The van der Waals surface area contributed by atoms with Gasteiger partial charge >= 0.3 is 7.12 Å². The predicted molar refractivity (Wildman–Crippen MR) is 545 cm³/mol. The van der Waals surface area contributed by atoms with Crippen molar-refractivity contribution in [1.82, 2.24) is 28.2 Å². The summed E-state index contributed by atoms with van der Waals surface area (Å²) in [4.78, 5) is 9.70. The van der Waals surface area contributed by atoms with E-state index in [1.165, 1.54) is 169 Å². The molecular weight excluding hydrogens is 1590 g/mol. The summed E-state index contributed by atoms with van der Waals surface area (Å²) in [5.74, 6) is 0. The Hall–Kier alpha value is -14.7. The van der Waals surface area contributed by atoms with Crippen molar-refractivity contribution >= 4 is 176 Å². The minimum atomic E-state index is -0.420. The SMILES string of the molecule is C.CC1(C)c2cc3c4ccccc4c4ccccc4c3cc2-c2ccc3c4cc(-c5cnc6c(c5)c5ccccc5n6-c5ccccc5)ccc4n(-c4ccccc4)c3c21.CC1(C)c2cc3c4ccccc4c4ccccc4c3cc2-c2ccc3c4cc(B5OC(C)(C)C(C)(C)O5)ccc4n(-c4ccccc4)c3c21.Clc1cnc2c(c1)c1ccccc1n2-c1ccccc1. The van der Waals surface area contributed by atoms with E-state index in [0.29, 0.717) is 5.02 Å². The van der Waals surface area contributed by atoms with Crippen LogP contribution >= 0.6 is 11.6 Å². The average molecular weight is 1680 g/mol. The summed E-state index contributed by atoms with van der Waals surface area (Å²) in [6.07, 6.45) is 3.75. The first-order valence-corrected chi connectivity index (χ1v) is 44.8. The van der Waals surface area contributed by atoms with E-state index in [-0.39, 0.29) is 18.3 Å². The third-order valence-corrected chi connectivity index (χ3v) is 28.9. The molecule has 0 bridgehead atoms. The van der Waals surface area contributed by atoms with E-state index in [4.69, 9.17) is 25.9 Å². The third-order valence-electron chi connectivity index (χ3n) is 28.7. The minimum absolute atomic E-state index is 0. The summed E-state index contributed by atoms with van der Waals surface area (Å²) in [6, 6.07) is 133. The number of hydrogen-bond acceptors (Lipinski definition) is 4. The van der Waals surface area contributed by atoms with Crippen LogP contribution in [0.15, 0.2) is 376 Å². The van der Waals surface area contributed by atoms with Gasteiger partial charge in [-0.25, -0.2) is 9.97 Å². The zero-order chi connectivity index (χ0) is 86.0. The maximum absolute atomic E-state index is 6.52. The number of hydrogen-bond donors (Lipinski definition) is 0. The Kier molecular flexibility index (Phi) is 17.4. The lowest BCUT2D eigenvalue weighted by Crippen LogP contribution is -2.41. The van der Waals surface area contributed by atoms with Crippen molar-refractivity contribution in [2.45, 2.75) is 84.8 Å². The molecule has 24 aromatic rings. The van der Waals surface area contributed by atoms with Gasteiger partial charge in [0.1, 0.15) is 11.3 Å². The number of fused-ring (bicyclic) bond motifs is 32. The molecule has 0 atom stereocenters. The molecule has 1 fully saturated rings. The summed E-state index contributed by atoms with van der Waals surface area (Å²) in [5.41, 5.74) is 26.5. The molecule has 7 heterocycles. The molecule has 0 saturated carbocycles. The van der Waals surface area contributed by atoms with E-state index in [1.807, 2.05) is 42.6 Å². The van der Waals surface area contributed by atoms with Gasteiger partial charge < -0.3 is 18.4 Å². The Labute approximate surface area is 753 Å². The van der Waals surface area contributed by atoms with Crippen LogP contribution in [-0.4, -0.2) is 46.6 Å². The predicted octanol–water partition coefficient (Wildman–Crippen LogP) is 31.0. The number of aromatic nitrogens is 6. The molecule has 0 radical (unpaired) electrons. The largest absolute Gasteiger partial charge is 0.494 e. The zero-order valence-corrected chi connectivity index (χ0v) is 73.0. The quantitative estimate of drug-likeness (QED) is 0.123. The molecule has 10 heteroatoms. The average Bonchev–Trinajstić information content (AvgIpc) is 1.53. The summed E-state index contributed by atoms with van der Waals surface area (Å²) >= 11 is 6.10. The van der Waals surface area contributed by atoms with Crippen molar-refractivity contribution in [1.29, 1.82) is 0 Å². The van der Waals surface area contributed by atoms with Crippen LogP contribution in [-0.2, 0) is 20.1 Å². The number of nitrogens with zero attached hydrogens (tertiary/aromatic N) is 6. The van der Waals surface area contributed by atoms with E-state index >= 15 is 0 Å². The van der Waals surface area contributed by atoms with Crippen molar-refractivity contribution in [3.05, 3.63) is 404 Å². The van der Waals surface area contributed by atoms with Crippen LogP contribution in [0.4, 0.5) is 0 Å². The van der Waals surface area contributed by atoms with Crippen LogP contribution < -0.4 is 5.46 Å². The first-order chi connectivity index (χ1) is 62.4. The van der Waals surface area contributed by atoms with E-state index in [9.17, 15) is 0 Å². The highest BCUT2D eigenvalue weighted by atomic mass is 35.5. The van der Waals surface area contributed by atoms with Crippen molar-refractivity contribution in [3.8, 4) is 56.1 Å². The molecule has 27 rings (SSSR count). The molecular formula is C119H90BClN6O2. The standard InChI is InChI=1S/C56H37N3.C45H38BNO2.C17H11ClN2.CH4/c1-56(2)50-32-46-41-22-12-10-20-39(41)38-19-9-11-21-40(38)45(46)31-47(50)43-26-27-44-48-29-34(25-28-52(48)58(54(44)53(43)56)36-15-5-3-6-16-36)35-30-49-42-23-13-14-24-51(42)59(55(49)57-33-35)37-17-7-4-8-18-37;1-43(2)39-26-36-32-19-13-11-17-30(32)29-16-10-12-18-31(29)35(36)25-37(39)33-21-22-34-38-24-27(46-48-44(3,4)45(5,6)49-46)20-23-40(38)47(42(34)41(33)43)28-14-8-7-9-15-28;18-12-10-15-14-8-4-5-9-16(14)20(17(15)19-11-12)13-6-2-1-3-7-13;/h3-33H,1-2H3;7-26H,1-6H3;1-11H;1H4. The van der Waals surface area contributed by atoms with Crippen LogP contribution in [0.1, 0.15) is 85.1 Å². The first-order valence-electron chi connectivity index (χ1n) is 44.4. The van der Waals surface area contributed by atoms with Gasteiger partial charge in [-0.2, -0.15) is 0 Å². The number of benzene rings is 18. The second-order valence-electron chi connectivity index (χ2n) is 37.0. The molecule has 129 heavy (non-hydrogen) atoms. The van der Waals surface area contributed by atoms with E-state index in [0.717, 1.165) is 66.8 Å². The van der Waals surface area contributed by atoms with Gasteiger partial charge in [0.25, 0.3) is 0 Å². The summed E-state index contributed by atoms with van der Waals surface area (Å²) in [7, 11) is -0.420. The second-order valence-corrected chi connectivity index (χ2v) is 37.5. The molecule has 2 aliphatic carbocycles. The lowest BCUT2D eigenvalue weighted by molar-refractivity contribution is 0.00578. The van der Waals surface area contributed by atoms with E-state index < -0.39 is 18.3 Å². The fourth-order valence-corrected chi connectivity index (χ4v) is 22.3. The van der Waals surface area contributed by atoms with Gasteiger partial charge in [-0.1, -0.05) is 295 Å². The molecule has 0 spiro atoms. The lowest BCUT2D eigenvalue weighted by Gasteiger charge is -2.32. The van der Waals surface area contributed by atoms with Crippen molar-refractivity contribution < 1.29 is 9.31 Å². The molecule has 1 saturated heterocycles. The maximum Gasteiger partial charge on any atom is 0.494 e. The molecule has 8 nitrogen and oxygen atoms in total. The highest BCUT2D eigenvalue weighted by Gasteiger charge is 2.52. The molecule has 618 valence electrons. The minimum Gasteiger partial charge on any atom is -0.399 e. The first kappa shape index (κ1) is 77.8. The normalized spacial score (nSPS) is 14.5. The number of halogens is 1. The zero-order valence-electron chi connectivity index (χ0n) is 72.3. The fourth-order valence-electron chi connectivity index (χ4n) is 22.1. The molecule has 0 amide bonds. The van der Waals surface area contributed by atoms with Crippen LogP contribution in [0.3, 0.4) is 0 Å². The van der Waals surface area contributed by atoms with Crippen molar-refractivity contribution in [3.63, 3.8) is 0 Å². The van der Waals surface area contributed by atoms with Gasteiger partial charge in [-0.3, -0.25) is 9.13 Å². The third kappa shape index (κ3) is 11.6. The van der Waals surface area contributed by atoms with Crippen molar-refractivity contribution in [2.75, 3.05) is 0 Å². The van der Waals surface area contributed by atoms with Crippen LogP contribution in [0.25, 0.3) is 208 Å². The number of pyridine rings is 2. The van der Waals surface area contributed by atoms with Crippen molar-refractivity contribution in [2.24, 2.45) is 0 Å². The molecule has 3 aliphatic rings. The molecule has 1 aliphatic heterocycles. The summed E-state index contributed by atoms with van der Waals surface area (Å²) < 4.78 is 22.5. The van der Waals surface area contributed by atoms with Gasteiger partial charge in [-0.15, -0.1) is 0 Å². The fraction of sp³-hybridized carbons (Fsp3) is 0.109. The highest BCUT2D eigenvalue weighted by Crippen LogP contribution is 2.58. The Morgan fingerprint density at radius 2 is 0.581 bits per heavy atom.